The molecule has 0 radical (unpaired) electrons. The molecule has 0 amide bonds. The molecule has 0 fully saturated rings. The van der Waals surface area contributed by atoms with E-state index in [2.05, 4.69) is 84.9 Å². The molecule has 218 valence electrons. The van der Waals surface area contributed by atoms with Crippen molar-refractivity contribution in [2.45, 2.75) is 25.0 Å². The minimum absolute atomic E-state index is 0.106. The smallest absolute Gasteiger partial charge is 0.118 e. The molecule has 4 aromatic carbocycles. The van der Waals surface area contributed by atoms with Gasteiger partial charge in [-0.3, -0.25) is 0 Å². The highest BCUT2D eigenvalue weighted by Crippen LogP contribution is 2.57. The summed E-state index contributed by atoms with van der Waals surface area (Å²) in [7, 11) is 3.40. The van der Waals surface area contributed by atoms with Crippen LogP contribution in [0.5, 0.6) is 11.5 Å². The van der Waals surface area contributed by atoms with E-state index in [-0.39, 0.29) is 12.2 Å². The van der Waals surface area contributed by atoms with Gasteiger partial charge in [-0.15, -0.1) is 0 Å². The number of hydrogen-bond donors (Lipinski definition) is 0. The summed E-state index contributed by atoms with van der Waals surface area (Å²) in [5, 5.41) is 0. The molecule has 2 aliphatic heterocycles. The SMILES string of the molecule is COc1ccc(C2OCC3=C(C4=C5COC(c6ccc(OC)cc6)C(c6ccccc6)=C5C4)CC3=C2c2ccccc2)cc1. The van der Waals surface area contributed by atoms with E-state index in [1.165, 1.54) is 55.7 Å². The third-order valence-electron chi connectivity index (χ3n) is 9.50. The van der Waals surface area contributed by atoms with E-state index in [1.807, 2.05) is 24.3 Å². The van der Waals surface area contributed by atoms with Crippen LogP contribution in [0.2, 0.25) is 0 Å². The Morgan fingerprint density at radius 2 is 0.841 bits per heavy atom. The van der Waals surface area contributed by atoms with Gasteiger partial charge >= 0.3 is 0 Å². The van der Waals surface area contributed by atoms with Crippen molar-refractivity contribution in [3.8, 4) is 11.5 Å². The molecule has 8 rings (SSSR count). The maximum atomic E-state index is 6.68. The summed E-state index contributed by atoms with van der Waals surface area (Å²) in [6.07, 6.45) is 1.71. The second-order valence-electron chi connectivity index (χ2n) is 11.7. The zero-order chi connectivity index (χ0) is 29.6. The van der Waals surface area contributed by atoms with Crippen LogP contribution in [-0.2, 0) is 9.47 Å². The number of hydrogen-bond acceptors (Lipinski definition) is 4. The van der Waals surface area contributed by atoms with E-state index in [1.54, 1.807) is 14.2 Å². The molecule has 4 heteroatoms. The summed E-state index contributed by atoms with van der Waals surface area (Å²) < 4.78 is 24.2. The van der Waals surface area contributed by atoms with Gasteiger partial charge in [-0.2, -0.15) is 0 Å². The normalized spacial score (nSPS) is 21.0. The minimum Gasteiger partial charge on any atom is -0.497 e. The van der Waals surface area contributed by atoms with E-state index in [4.69, 9.17) is 18.9 Å². The van der Waals surface area contributed by atoms with E-state index in [0.29, 0.717) is 13.2 Å². The number of rotatable bonds is 7. The Balaban J connectivity index is 1.20. The van der Waals surface area contributed by atoms with Gasteiger partial charge in [0, 0.05) is 0 Å². The molecule has 0 aromatic heterocycles. The summed E-state index contributed by atoms with van der Waals surface area (Å²) in [5.74, 6) is 1.71. The van der Waals surface area contributed by atoms with Gasteiger partial charge in [0.25, 0.3) is 0 Å². The van der Waals surface area contributed by atoms with Crippen LogP contribution in [0.4, 0.5) is 0 Å². The molecule has 2 atom stereocenters. The minimum atomic E-state index is -0.106. The van der Waals surface area contributed by atoms with Crippen LogP contribution in [0.15, 0.2) is 143 Å². The third-order valence-corrected chi connectivity index (χ3v) is 9.50. The number of fused-ring (bicyclic) bond motifs is 2. The molecule has 4 nitrogen and oxygen atoms in total. The van der Waals surface area contributed by atoms with Crippen LogP contribution in [0.25, 0.3) is 11.1 Å². The number of allylic oxidation sites excluding steroid dienone is 2. The molecule has 0 N–H and O–H groups in total. The van der Waals surface area contributed by atoms with Crippen molar-refractivity contribution in [1.82, 2.24) is 0 Å². The average molecular weight is 579 g/mol. The first-order valence-electron chi connectivity index (χ1n) is 15.3. The Kier molecular flexibility index (Phi) is 6.82. The van der Waals surface area contributed by atoms with Crippen LogP contribution in [0, 0.1) is 0 Å². The number of ether oxygens (including phenoxy) is 4. The highest BCUT2D eigenvalue weighted by molar-refractivity contribution is 5.86. The van der Waals surface area contributed by atoms with Crippen molar-refractivity contribution < 1.29 is 18.9 Å². The summed E-state index contributed by atoms with van der Waals surface area (Å²) >= 11 is 0. The summed E-state index contributed by atoms with van der Waals surface area (Å²) in [4.78, 5) is 0. The fourth-order valence-corrected chi connectivity index (χ4v) is 7.16. The Morgan fingerprint density at radius 3 is 1.20 bits per heavy atom. The van der Waals surface area contributed by atoms with Crippen LogP contribution in [0.1, 0.15) is 47.3 Å². The maximum absolute atomic E-state index is 6.68. The van der Waals surface area contributed by atoms with Gasteiger partial charge in [0.1, 0.15) is 23.7 Å². The van der Waals surface area contributed by atoms with Crippen molar-refractivity contribution in [2.24, 2.45) is 0 Å². The number of benzene rings is 4. The molecule has 44 heavy (non-hydrogen) atoms. The summed E-state index contributed by atoms with van der Waals surface area (Å²) in [6, 6.07) is 38.0. The van der Waals surface area contributed by atoms with Crippen molar-refractivity contribution >= 4 is 11.1 Å². The van der Waals surface area contributed by atoms with Gasteiger partial charge < -0.3 is 18.9 Å². The fraction of sp³-hybridized carbons (Fsp3) is 0.200. The Hall–Kier alpha value is -4.64. The Morgan fingerprint density at radius 1 is 0.455 bits per heavy atom. The van der Waals surface area contributed by atoms with Gasteiger partial charge in [0.05, 0.1) is 27.4 Å². The third kappa shape index (κ3) is 4.45. The molecule has 0 saturated heterocycles. The predicted molar refractivity (Wildman–Crippen MR) is 173 cm³/mol. The molecule has 4 aromatic rings. The molecule has 0 saturated carbocycles. The van der Waals surface area contributed by atoms with E-state index in [9.17, 15) is 0 Å². The summed E-state index contributed by atoms with van der Waals surface area (Å²) in [5.41, 5.74) is 15.8. The highest BCUT2D eigenvalue weighted by atomic mass is 16.5. The topological polar surface area (TPSA) is 36.9 Å². The lowest BCUT2D eigenvalue weighted by Crippen LogP contribution is -2.30. The monoisotopic (exact) mass is 578 g/mol. The fourth-order valence-electron chi connectivity index (χ4n) is 7.16. The first-order chi connectivity index (χ1) is 21.7. The molecule has 2 heterocycles. The van der Waals surface area contributed by atoms with E-state index < -0.39 is 0 Å². The molecular weight excluding hydrogens is 544 g/mol. The molecule has 0 bridgehead atoms. The Bertz CT molecular complexity index is 1700. The quantitative estimate of drug-likeness (QED) is 0.220. The predicted octanol–water partition coefficient (Wildman–Crippen LogP) is 8.85. The first-order valence-corrected chi connectivity index (χ1v) is 15.3. The largest absolute Gasteiger partial charge is 0.497 e. The maximum Gasteiger partial charge on any atom is 0.118 e. The van der Waals surface area contributed by atoms with Crippen LogP contribution < -0.4 is 9.47 Å². The van der Waals surface area contributed by atoms with Gasteiger partial charge in [0.2, 0.25) is 0 Å². The van der Waals surface area contributed by atoms with E-state index in [0.717, 1.165) is 35.5 Å². The molecule has 2 unspecified atom stereocenters. The zero-order valence-corrected chi connectivity index (χ0v) is 25.0. The highest BCUT2D eigenvalue weighted by Gasteiger charge is 2.42. The van der Waals surface area contributed by atoms with Crippen LogP contribution in [-0.4, -0.2) is 27.4 Å². The van der Waals surface area contributed by atoms with Crippen molar-refractivity contribution in [2.75, 3.05) is 27.4 Å². The van der Waals surface area contributed by atoms with Gasteiger partial charge in [0.15, 0.2) is 0 Å². The van der Waals surface area contributed by atoms with Gasteiger partial charge in [-0.25, -0.2) is 0 Å². The first kappa shape index (κ1) is 26.9. The van der Waals surface area contributed by atoms with Gasteiger partial charge in [-0.05, 0) is 104 Å². The lowest BCUT2D eigenvalue weighted by atomic mass is 9.65. The van der Waals surface area contributed by atoms with Crippen LogP contribution >= 0.6 is 0 Å². The average Bonchev–Trinajstić information content (AvgIpc) is 3.07. The molecule has 0 spiro atoms. The second-order valence-corrected chi connectivity index (χ2v) is 11.7. The standard InChI is InChI=1S/C40H34O4/c1-41-29-17-13-27(14-18-29)39-37(25-9-5-3-6-10-25)33-21-31(35(33)23-43-39)32-22-34-36(32)24-44-40(28-15-19-30(42-2)20-16-28)38(34)26-11-7-4-8-12-26/h3-20,39-40H,21-24H2,1-2H3. The molecule has 4 aliphatic rings. The van der Waals surface area contributed by atoms with Crippen molar-refractivity contribution in [3.63, 3.8) is 0 Å². The zero-order valence-electron chi connectivity index (χ0n) is 25.0. The number of methoxy groups -OCH3 is 2. The Labute approximate surface area is 258 Å². The molecule has 2 aliphatic carbocycles. The van der Waals surface area contributed by atoms with Gasteiger partial charge in [-0.1, -0.05) is 84.9 Å². The van der Waals surface area contributed by atoms with Crippen molar-refractivity contribution in [1.29, 1.82) is 0 Å². The van der Waals surface area contributed by atoms with E-state index >= 15 is 0 Å². The summed E-state index contributed by atoms with van der Waals surface area (Å²) in [6.45, 7) is 1.24. The molecular formula is C40H34O4. The second kappa shape index (κ2) is 11.1. The lowest BCUT2D eigenvalue weighted by Gasteiger charge is -2.44. The van der Waals surface area contributed by atoms with Crippen molar-refractivity contribution in [3.05, 3.63) is 165 Å². The van der Waals surface area contributed by atoms with Crippen LogP contribution in [0.3, 0.4) is 0 Å². The lowest BCUT2D eigenvalue weighted by molar-refractivity contribution is 0.100.